The second kappa shape index (κ2) is 42.7. The van der Waals surface area contributed by atoms with Crippen LogP contribution < -0.4 is 36.8 Å². The molecule has 0 radical (unpaired) electrons. The van der Waals surface area contributed by atoms with E-state index in [0.29, 0.717) is 65.1 Å². The van der Waals surface area contributed by atoms with E-state index >= 15 is 0 Å². The predicted octanol–water partition coefficient (Wildman–Crippen LogP) is 4.34. The minimum Gasteiger partial charge on any atom is -0.479 e. The van der Waals surface area contributed by atoms with Gasteiger partial charge in [-0.25, -0.2) is 9.59 Å². The number of amides is 10. The first kappa shape index (κ1) is 90.6. The van der Waals surface area contributed by atoms with Crippen molar-refractivity contribution in [1.82, 2.24) is 56.7 Å². The van der Waals surface area contributed by atoms with E-state index in [1.807, 2.05) is 38.1 Å². The number of ether oxygens (including phenoxy) is 5. The fourth-order valence-electron chi connectivity index (χ4n) is 15.1. The molecule has 34 nitrogen and oxygen atoms in total. The highest BCUT2D eigenvalue weighted by atomic mass is 16.7. The normalized spacial score (nSPS) is 20.1. The Kier molecular flexibility index (Phi) is 33.1. The molecule has 12 N–H and O–H groups in total. The summed E-state index contributed by atoms with van der Waals surface area (Å²) < 4.78 is 37.1. The van der Waals surface area contributed by atoms with Crippen molar-refractivity contribution in [2.75, 3.05) is 58.2 Å². The van der Waals surface area contributed by atoms with Gasteiger partial charge in [0.2, 0.25) is 53.2 Å². The van der Waals surface area contributed by atoms with Crippen molar-refractivity contribution in [3.63, 3.8) is 0 Å². The van der Waals surface area contributed by atoms with E-state index in [9.17, 15) is 78.3 Å². The van der Waals surface area contributed by atoms with Crippen molar-refractivity contribution in [1.29, 1.82) is 0 Å². The highest BCUT2D eigenvalue weighted by molar-refractivity contribution is 6.02. The number of likely N-dealkylation sites (N-methyl/N-ethyl adjacent to an activating group) is 2. The Bertz CT molecular complexity index is 4290. The lowest BCUT2D eigenvalue weighted by molar-refractivity contribution is -0.294. The van der Waals surface area contributed by atoms with Crippen molar-refractivity contribution in [3.05, 3.63) is 120 Å². The van der Waals surface area contributed by atoms with Gasteiger partial charge in [0.1, 0.15) is 54.8 Å². The number of carbonyl (C=O) groups excluding carboxylic acids is 10. The molecular weight excluding hydrogens is 1510 g/mol. The number of benzene rings is 4. The molecule has 0 aliphatic carbocycles. The number of aliphatic hydroxyl groups is 4. The smallest absolute Gasteiger partial charge is 0.410 e. The minimum absolute atomic E-state index is 0.115. The summed E-state index contributed by atoms with van der Waals surface area (Å²) in [5.74, 6) is -9.55. The summed E-state index contributed by atoms with van der Waals surface area (Å²) in [4.78, 5) is 159. The number of aromatic nitrogens is 3. The number of para-hydroxylation sites is 1. The SMILES string of the molecule is [3H]n1nnc2c1-c1ccccc1CN(C(=O)CCC(=O)NCCC(=O)N[C@H](C(=O)N[C@@H](CO[C@@H]1O[C@H](C(=O)O)[C@@H](O)[C@H](O)[C@H]1O)C(=O)Nc1ccc(COC(=O)N(C)[C@H](C(=O)N[C@H](C(=O)N(C)[C@@H]([C@@H](C)CC)[C@@H](CC(=O)N3CCC[C@H]3[C@H](OC)[C@@H](C)C(=O)N[C@H](C)[C@@H](O)c3ccccc3)OC)C(C)C)C(C)C)cc1)C(C)C)c1ccccc1-2. The summed E-state index contributed by atoms with van der Waals surface area (Å²) in [5, 5.41) is 77.7. The fraction of sp³-hybridized carbons (Fsp3) is 0.554. The maximum absolute atomic E-state index is 14.9. The molecule has 5 aromatic rings. The highest BCUT2D eigenvalue weighted by Gasteiger charge is 2.49. The van der Waals surface area contributed by atoms with E-state index in [1.54, 1.807) is 127 Å². The number of methoxy groups -OCH3 is 2. The number of nitrogens with one attached hydrogen (secondary N) is 7. The van der Waals surface area contributed by atoms with Crippen LogP contribution in [-0.2, 0) is 84.8 Å². The maximum Gasteiger partial charge on any atom is 0.410 e. The molecule has 3 aliphatic rings. The summed E-state index contributed by atoms with van der Waals surface area (Å²) in [5.41, 5.74) is 4.48. The van der Waals surface area contributed by atoms with Crippen LogP contribution in [0.25, 0.3) is 22.5 Å². The third-order valence-corrected chi connectivity index (χ3v) is 21.9. The van der Waals surface area contributed by atoms with Crippen LogP contribution in [0.3, 0.4) is 0 Å². The van der Waals surface area contributed by atoms with Gasteiger partial charge in [-0.15, -0.1) is 5.10 Å². The number of carbonyl (C=O) groups is 11. The quantitative estimate of drug-likeness (QED) is 0.0261. The molecule has 34 heteroatoms. The van der Waals surface area contributed by atoms with Gasteiger partial charge >= 0.3 is 12.1 Å². The van der Waals surface area contributed by atoms with Gasteiger partial charge in [-0.05, 0) is 78.3 Å². The van der Waals surface area contributed by atoms with Crippen LogP contribution in [0.15, 0.2) is 103 Å². The molecule has 3 aliphatic heterocycles. The van der Waals surface area contributed by atoms with E-state index in [1.165, 1.54) is 50.4 Å². The molecule has 4 heterocycles. The topological polar surface area (TPSA) is 462 Å². The Labute approximate surface area is 682 Å². The Balaban J connectivity index is 0.858. The molecule has 8 rings (SSSR count). The Morgan fingerprint density at radius 3 is 1.99 bits per heavy atom. The second-order valence-corrected chi connectivity index (χ2v) is 31.2. The molecule has 0 saturated carbocycles. The summed E-state index contributed by atoms with van der Waals surface area (Å²) in [6.07, 6.45) is -12.8. The summed E-state index contributed by atoms with van der Waals surface area (Å²) in [6, 6.07) is 22.0. The van der Waals surface area contributed by atoms with Crippen molar-refractivity contribution in [2.45, 2.75) is 219 Å². The van der Waals surface area contributed by atoms with Crippen molar-refractivity contribution >= 4 is 76.6 Å². The van der Waals surface area contributed by atoms with Crippen LogP contribution in [0, 0.1) is 29.6 Å². The number of carboxylic acid groups (broad SMARTS) is 1. The number of anilines is 2. The molecule has 0 spiro atoms. The molecule has 117 heavy (non-hydrogen) atoms. The molecule has 4 aromatic carbocycles. The number of hydrogen-bond donors (Lipinski definition) is 12. The Morgan fingerprint density at radius 1 is 0.692 bits per heavy atom. The molecule has 0 bridgehead atoms. The summed E-state index contributed by atoms with van der Waals surface area (Å²) in [6.45, 7) is 16.6. The summed E-state index contributed by atoms with van der Waals surface area (Å²) >= 11 is 0. The number of aliphatic carboxylic acids is 1. The van der Waals surface area contributed by atoms with Gasteiger partial charge in [0.25, 0.3) is 0 Å². The molecule has 2 saturated heterocycles. The first-order valence-corrected chi connectivity index (χ1v) is 39.6. The Hall–Kier alpha value is -10.3. The van der Waals surface area contributed by atoms with Gasteiger partial charge in [0, 0.05) is 77.5 Å². The number of hydrogen-bond acceptors (Lipinski definition) is 22. The lowest BCUT2D eigenvalue weighted by Crippen LogP contribution is -2.61. The zero-order valence-electron chi connectivity index (χ0n) is 69.7. The minimum atomic E-state index is -2.09. The number of likely N-dealkylation sites (tertiary alicyclic amines) is 1. The highest BCUT2D eigenvalue weighted by Crippen LogP contribution is 2.41. The van der Waals surface area contributed by atoms with E-state index < -0.39 is 169 Å². The molecule has 2 fully saturated rings. The summed E-state index contributed by atoms with van der Waals surface area (Å²) in [7, 11) is 5.96. The van der Waals surface area contributed by atoms with Crippen molar-refractivity contribution in [2.24, 2.45) is 29.6 Å². The number of nitrogens with zero attached hydrogens (tertiary/aromatic N) is 6. The van der Waals surface area contributed by atoms with Crippen molar-refractivity contribution in [3.8, 4) is 22.5 Å². The van der Waals surface area contributed by atoms with Gasteiger partial charge in [0.05, 0.1) is 73.3 Å². The zero-order valence-corrected chi connectivity index (χ0v) is 68.7. The van der Waals surface area contributed by atoms with E-state index in [2.05, 4.69) is 42.2 Å². The van der Waals surface area contributed by atoms with E-state index in [0.717, 1.165) is 15.6 Å². The number of H-pyrrole nitrogens is 1. The van der Waals surface area contributed by atoms with Crippen LogP contribution >= 0.6 is 0 Å². The number of aliphatic hydroxyl groups excluding tert-OH is 4. The van der Waals surface area contributed by atoms with E-state index in [-0.39, 0.29) is 74.7 Å². The standard InChI is InChI=1S/C83H115N13O21/c1-15-47(8)69(59(113-13)40-63(100)95-39-23-30-58(95)74(114-14)48(9)76(105)85-49(10)70(101)51-24-17-16-18-25-51)93(11)80(109)65(45(4)5)89-79(108)68(46(6)7)94(12)83(112)116-42-50-31-33-53(34-32-50)86-77(106)56(43-115-82-73(104)71(102)72(103)75(117-82)81(110)111)87-78(107)64(44(2)3)88-61(98)37-38-84-60(97)35-36-62(99)96-41-52-26-19-20-27-54(52)66-67(91-92-90-66)55-28-21-22-29-57(55)96/h16-22,24-29,31-34,44-49,56,58-59,64-65,68-75,82,101-104H,15,23,30,35-43H2,1-14H3,(H,84,97)(H,85,105)(H,86,106)(H,87,107)(H,88,98)(H,89,108)(H,110,111)(H,90,91,92)/t47-,48+,49+,56-,58-,59+,64-,65-,68-,69-,70+,71-,72-,73+,74+,75-,82+/m0/s1/i/hT. The number of carboxylic acids is 1. The third-order valence-electron chi connectivity index (χ3n) is 21.9. The third kappa shape index (κ3) is 23.3. The van der Waals surface area contributed by atoms with Gasteiger partial charge in [-0.3, -0.25) is 53.1 Å². The van der Waals surface area contributed by atoms with Crippen LogP contribution in [0.2, 0.25) is 1.41 Å². The maximum atomic E-state index is 14.9. The zero-order chi connectivity index (χ0) is 86.7. The average molecular weight is 1630 g/mol. The number of fused-ring (bicyclic) bond motifs is 5. The fourth-order valence-corrected chi connectivity index (χ4v) is 15.1. The van der Waals surface area contributed by atoms with Crippen LogP contribution in [0.5, 0.6) is 0 Å². The molecule has 0 unspecified atom stereocenters. The first-order valence-electron chi connectivity index (χ1n) is 40.1. The molecular formula is C83H115N13O21. The average Bonchev–Trinajstić information content (AvgIpc) is 1.54. The van der Waals surface area contributed by atoms with Crippen LogP contribution in [0.4, 0.5) is 16.2 Å². The predicted molar refractivity (Wildman–Crippen MR) is 428 cm³/mol. The van der Waals surface area contributed by atoms with E-state index in [4.69, 9.17) is 25.1 Å². The van der Waals surface area contributed by atoms with Crippen LogP contribution in [-0.4, -0.2) is 254 Å². The van der Waals surface area contributed by atoms with Gasteiger partial charge in [-0.2, -0.15) is 0 Å². The lowest BCUT2D eigenvalue weighted by atomic mass is 9.89. The van der Waals surface area contributed by atoms with Gasteiger partial charge in [0.15, 0.2) is 13.8 Å². The number of rotatable bonds is 38. The molecule has 1 aromatic heterocycles. The lowest BCUT2D eigenvalue weighted by Gasteiger charge is -2.41. The van der Waals surface area contributed by atoms with Gasteiger partial charge in [-0.1, -0.05) is 159 Å². The number of aromatic amines is 1. The monoisotopic (exact) mass is 1630 g/mol. The molecule has 638 valence electrons. The van der Waals surface area contributed by atoms with Crippen LogP contribution in [0.1, 0.15) is 137 Å². The largest absolute Gasteiger partial charge is 0.479 e. The first-order chi connectivity index (χ1) is 56.0. The molecule has 10 amide bonds. The van der Waals surface area contributed by atoms with Gasteiger partial charge < -0.3 is 95.8 Å². The Morgan fingerprint density at radius 2 is 1.35 bits per heavy atom. The molecule has 17 atom stereocenters. The van der Waals surface area contributed by atoms with Crippen molar-refractivity contribution < 1.29 is 103 Å². The second-order valence-electron chi connectivity index (χ2n) is 31.2.